The van der Waals surface area contributed by atoms with Crippen molar-refractivity contribution < 1.29 is 4.39 Å². The number of guanidine groups is 1. The molecule has 0 bridgehead atoms. The fourth-order valence-electron chi connectivity index (χ4n) is 1.92. The highest BCUT2D eigenvalue weighted by atomic mass is 127. The molecule has 1 fully saturated rings. The van der Waals surface area contributed by atoms with E-state index in [4.69, 9.17) is 17.3 Å². The molecule has 0 aromatic heterocycles. The van der Waals surface area contributed by atoms with Crippen molar-refractivity contribution in [3.05, 3.63) is 46.8 Å². The summed E-state index contributed by atoms with van der Waals surface area (Å²) in [5.74, 6) is 0.295. The predicted molar refractivity (Wildman–Crippen MR) is 92.4 cm³/mol. The van der Waals surface area contributed by atoms with Gasteiger partial charge >= 0.3 is 0 Å². The molecule has 1 aromatic carbocycles. The Bertz CT molecular complexity index is 533. The Morgan fingerprint density at radius 1 is 1.60 bits per heavy atom. The van der Waals surface area contributed by atoms with Crippen LogP contribution >= 0.6 is 35.6 Å². The minimum Gasteiger partial charge on any atom is -0.370 e. The number of nitrogens with zero attached hydrogens (tertiary/aromatic N) is 1. The zero-order valence-electron chi connectivity index (χ0n) is 11.2. The van der Waals surface area contributed by atoms with Crippen LogP contribution in [-0.4, -0.2) is 18.5 Å². The van der Waals surface area contributed by atoms with Crippen molar-refractivity contribution in [2.75, 3.05) is 6.54 Å². The van der Waals surface area contributed by atoms with Crippen molar-refractivity contribution in [2.45, 2.75) is 25.3 Å². The van der Waals surface area contributed by atoms with Crippen molar-refractivity contribution in [3.8, 4) is 0 Å². The summed E-state index contributed by atoms with van der Waals surface area (Å²) in [5.41, 5.74) is 7.65. The van der Waals surface area contributed by atoms with Crippen LogP contribution in [0, 0.1) is 5.82 Å². The highest BCUT2D eigenvalue weighted by Gasteiger charge is 2.39. The van der Waals surface area contributed by atoms with Crippen molar-refractivity contribution >= 4 is 41.5 Å². The van der Waals surface area contributed by atoms with Gasteiger partial charge in [-0.1, -0.05) is 29.8 Å². The number of nitrogens with two attached hydrogens (primary N) is 1. The Labute approximate surface area is 140 Å². The number of halogens is 3. The molecular weight excluding hydrogens is 392 g/mol. The highest BCUT2D eigenvalue weighted by molar-refractivity contribution is 14.0. The van der Waals surface area contributed by atoms with Crippen molar-refractivity contribution in [1.29, 1.82) is 0 Å². The van der Waals surface area contributed by atoms with E-state index in [-0.39, 0.29) is 46.8 Å². The Kier molecular flexibility index (Phi) is 6.26. The van der Waals surface area contributed by atoms with Gasteiger partial charge in [0.15, 0.2) is 5.96 Å². The van der Waals surface area contributed by atoms with Crippen molar-refractivity contribution in [2.24, 2.45) is 10.7 Å². The van der Waals surface area contributed by atoms with Gasteiger partial charge in [-0.3, -0.25) is 0 Å². The molecule has 110 valence electrons. The second-order valence-corrected chi connectivity index (χ2v) is 5.33. The fourth-order valence-corrected chi connectivity index (χ4v) is 2.04. The lowest BCUT2D eigenvalue weighted by Crippen LogP contribution is -2.34. The topological polar surface area (TPSA) is 50.4 Å². The van der Waals surface area contributed by atoms with Crippen LogP contribution in [0.3, 0.4) is 0 Å². The van der Waals surface area contributed by atoms with Gasteiger partial charge in [0.05, 0.1) is 11.6 Å². The molecule has 0 heterocycles. The van der Waals surface area contributed by atoms with E-state index < -0.39 is 0 Å². The van der Waals surface area contributed by atoms with Crippen LogP contribution in [0.1, 0.15) is 24.8 Å². The number of benzene rings is 1. The summed E-state index contributed by atoms with van der Waals surface area (Å²) < 4.78 is 13.4. The fraction of sp³-hybridized carbons (Fsp3) is 0.357. The highest BCUT2D eigenvalue weighted by Crippen LogP contribution is 2.41. The number of hydrogen-bond acceptors (Lipinski definition) is 1. The Morgan fingerprint density at radius 2 is 2.30 bits per heavy atom. The molecule has 1 saturated carbocycles. The zero-order chi connectivity index (χ0) is 14.0. The molecule has 1 aromatic rings. The third-order valence-electron chi connectivity index (χ3n) is 3.01. The average molecular weight is 410 g/mol. The summed E-state index contributed by atoms with van der Waals surface area (Å²) >= 11 is 5.66. The van der Waals surface area contributed by atoms with E-state index in [0.717, 1.165) is 17.6 Å². The van der Waals surface area contributed by atoms with Crippen LogP contribution in [0.2, 0.25) is 5.02 Å². The summed E-state index contributed by atoms with van der Waals surface area (Å²) in [4.78, 5) is 4.15. The van der Waals surface area contributed by atoms with E-state index in [1.165, 1.54) is 6.07 Å². The van der Waals surface area contributed by atoms with Crippen LogP contribution in [-0.2, 0) is 0 Å². The molecule has 1 aliphatic carbocycles. The van der Waals surface area contributed by atoms with Crippen LogP contribution < -0.4 is 11.1 Å². The molecule has 3 nitrogen and oxygen atoms in total. The van der Waals surface area contributed by atoms with Crippen molar-refractivity contribution in [1.82, 2.24) is 5.32 Å². The first-order valence-electron chi connectivity index (χ1n) is 6.13. The summed E-state index contributed by atoms with van der Waals surface area (Å²) in [6, 6.07) is 5.13. The quantitative estimate of drug-likeness (QED) is 0.346. The van der Waals surface area contributed by atoms with Gasteiger partial charge in [-0.25, -0.2) is 9.38 Å². The van der Waals surface area contributed by atoms with Crippen LogP contribution in [0.4, 0.5) is 4.39 Å². The van der Waals surface area contributed by atoms with Gasteiger partial charge < -0.3 is 11.1 Å². The maximum absolute atomic E-state index is 13.4. The molecule has 6 heteroatoms. The summed E-state index contributed by atoms with van der Waals surface area (Å²) in [6.07, 6.45) is 0.921. The second-order valence-electron chi connectivity index (χ2n) is 4.93. The molecule has 2 atom stereocenters. The second kappa shape index (κ2) is 7.26. The first-order chi connectivity index (χ1) is 8.97. The van der Waals surface area contributed by atoms with Gasteiger partial charge in [0, 0.05) is 12.0 Å². The van der Waals surface area contributed by atoms with E-state index >= 15 is 0 Å². The minimum atomic E-state index is -0.381. The molecule has 0 unspecified atom stereocenters. The van der Waals surface area contributed by atoms with Crippen LogP contribution in [0.25, 0.3) is 0 Å². The molecular formula is C14H18ClFIN3. The monoisotopic (exact) mass is 409 g/mol. The molecule has 20 heavy (non-hydrogen) atoms. The summed E-state index contributed by atoms with van der Waals surface area (Å²) in [6.45, 7) is 6.17. The SMILES string of the molecule is C=C(C)CN=C(N)N[C@@H]1C[C@H]1c1ccc(Cl)c(F)c1.I. The van der Waals surface area contributed by atoms with E-state index in [9.17, 15) is 4.39 Å². The number of rotatable bonds is 4. The largest absolute Gasteiger partial charge is 0.370 e. The summed E-state index contributed by atoms with van der Waals surface area (Å²) in [7, 11) is 0. The van der Waals surface area contributed by atoms with E-state index in [0.29, 0.717) is 12.5 Å². The van der Waals surface area contributed by atoms with Gasteiger partial charge in [0.25, 0.3) is 0 Å². The van der Waals surface area contributed by atoms with Crippen LogP contribution in [0.15, 0.2) is 35.3 Å². The van der Waals surface area contributed by atoms with E-state index in [1.54, 1.807) is 6.07 Å². The van der Waals surface area contributed by atoms with Crippen LogP contribution in [0.5, 0.6) is 0 Å². The molecule has 2 rings (SSSR count). The first kappa shape index (κ1) is 17.2. The van der Waals surface area contributed by atoms with Gasteiger partial charge in [-0.05, 0) is 31.0 Å². The number of aliphatic imine (C=N–C) groups is 1. The first-order valence-corrected chi connectivity index (χ1v) is 6.51. The van der Waals surface area contributed by atoms with E-state index in [2.05, 4.69) is 16.9 Å². The Morgan fingerprint density at radius 3 is 2.90 bits per heavy atom. The minimum absolute atomic E-state index is 0. The Hall–Kier alpha value is -0.820. The van der Waals surface area contributed by atoms with Gasteiger partial charge in [-0.2, -0.15) is 0 Å². The molecule has 3 N–H and O–H groups in total. The molecule has 0 radical (unpaired) electrons. The predicted octanol–water partition coefficient (Wildman–Crippen LogP) is 3.43. The average Bonchev–Trinajstić information content (AvgIpc) is 3.09. The smallest absolute Gasteiger partial charge is 0.189 e. The third-order valence-corrected chi connectivity index (χ3v) is 3.32. The standard InChI is InChI=1S/C14H17ClFN3.HI/c1-8(2)7-18-14(17)19-13-6-10(13)9-3-4-11(15)12(16)5-9;/h3-5,10,13H,1,6-7H2,2H3,(H3,17,18,19);1H/t10-,13+;/m0./s1. The maximum atomic E-state index is 13.4. The molecule has 0 saturated heterocycles. The number of nitrogens with one attached hydrogen (secondary N) is 1. The lowest BCUT2D eigenvalue weighted by atomic mass is 10.1. The molecule has 0 aliphatic heterocycles. The number of hydrogen-bond donors (Lipinski definition) is 2. The van der Waals surface area contributed by atoms with Gasteiger partial charge in [-0.15, -0.1) is 24.0 Å². The molecule has 0 amide bonds. The van der Waals surface area contributed by atoms with Gasteiger partial charge in [0.1, 0.15) is 5.82 Å². The van der Waals surface area contributed by atoms with E-state index in [1.807, 2.05) is 13.0 Å². The Balaban J connectivity index is 0.00000200. The normalized spacial score (nSPS) is 21.1. The van der Waals surface area contributed by atoms with Crippen molar-refractivity contribution in [3.63, 3.8) is 0 Å². The lowest BCUT2D eigenvalue weighted by molar-refractivity contribution is 0.625. The third kappa shape index (κ3) is 4.63. The zero-order valence-corrected chi connectivity index (χ0v) is 14.3. The lowest BCUT2D eigenvalue weighted by Gasteiger charge is -2.06. The maximum Gasteiger partial charge on any atom is 0.189 e. The molecule has 1 aliphatic rings. The molecule has 0 spiro atoms. The van der Waals surface area contributed by atoms with Gasteiger partial charge in [0.2, 0.25) is 0 Å². The summed E-state index contributed by atoms with van der Waals surface area (Å²) in [5, 5.41) is 3.27.